The third-order valence-electron chi connectivity index (χ3n) is 1.78. The fraction of sp³-hybridized carbons (Fsp3) is 0.500. The molecule has 0 unspecified atom stereocenters. The highest BCUT2D eigenvalue weighted by Gasteiger charge is 2.12. The molecule has 0 atom stereocenters. The van der Waals surface area contributed by atoms with E-state index in [4.69, 9.17) is 9.47 Å². The van der Waals surface area contributed by atoms with Gasteiger partial charge in [-0.3, -0.25) is 0 Å². The molecule has 0 fully saturated rings. The Hall–Kier alpha value is -1.49. The summed E-state index contributed by atoms with van der Waals surface area (Å²) in [7, 11) is 0. The molecule has 0 aliphatic rings. The molecule has 17 heavy (non-hydrogen) atoms. The smallest absolute Gasteiger partial charge is 0.357 e. The van der Waals surface area contributed by atoms with Crippen molar-refractivity contribution >= 4 is 5.97 Å². The molecule has 1 aromatic heterocycles. The first-order valence-corrected chi connectivity index (χ1v) is 5.32. The van der Waals surface area contributed by atoms with Gasteiger partial charge in [-0.2, -0.15) is 4.39 Å². The average Bonchev–Trinajstić information content (AvgIpc) is 2.23. The lowest BCUT2D eigenvalue weighted by Crippen LogP contribution is -2.22. The van der Waals surface area contributed by atoms with Crippen LogP contribution in [0.15, 0.2) is 18.2 Å². The van der Waals surface area contributed by atoms with Crippen molar-refractivity contribution in [1.82, 2.24) is 4.98 Å². The van der Waals surface area contributed by atoms with Gasteiger partial charge in [-0.15, -0.1) is 0 Å². The maximum Gasteiger partial charge on any atom is 0.357 e. The van der Waals surface area contributed by atoms with Gasteiger partial charge in [0.25, 0.3) is 0 Å². The predicted molar refractivity (Wildman–Crippen MR) is 60.2 cm³/mol. The van der Waals surface area contributed by atoms with Crippen molar-refractivity contribution in [1.29, 1.82) is 0 Å². The zero-order valence-electron chi connectivity index (χ0n) is 10.2. The van der Waals surface area contributed by atoms with Crippen molar-refractivity contribution in [3.63, 3.8) is 0 Å². The number of ether oxygens (including phenoxy) is 2. The lowest BCUT2D eigenvalue weighted by atomic mass is 10.2. The van der Waals surface area contributed by atoms with E-state index in [9.17, 15) is 9.18 Å². The summed E-state index contributed by atoms with van der Waals surface area (Å²) in [5, 5.41) is 0. The Morgan fingerprint density at radius 3 is 2.65 bits per heavy atom. The van der Waals surface area contributed by atoms with Crippen LogP contribution >= 0.6 is 0 Å². The molecule has 0 aliphatic heterocycles. The van der Waals surface area contributed by atoms with Gasteiger partial charge < -0.3 is 9.47 Å². The second-order valence-corrected chi connectivity index (χ2v) is 4.44. The standard InChI is InChI=1S/C12H16FNO3/c1-12(2,3)17-8-7-16-11(15)9-5-4-6-10(13)14-9/h4-6H,7-8H2,1-3H3. The zero-order valence-corrected chi connectivity index (χ0v) is 10.2. The summed E-state index contributed by atoms with van der Waals surface area (Å²) < 4.78 is 23.0. The molecule has 1 aromatic rings. The first-order valence-electron chi connectivity index (χ1n) is 5.32. The minimum Gasteiger partial charge on any atom is -0.459 e. The van der Waals surface area contributed by atoms with Crippen LogP contribution in [0.4, 0.5) is 4.39 Å². The molecule has 0 aliphatic carbocycles. The fourth-order valence-electron chi connectivity index (χ4n) is 1.08. The highest BCUT2D eigenvalue weighted by Crippen LogP contribution is 2.06. The van der Waals surface area contributed by atoms with Crippen LogP contribution in [-0.2, 0) is 9.47 Å². The summed E-state index contributed by atoms with van der Waals surface area (Å²) in [6.45, 7) is 6.13. The number of aromatic nitrogens is 1. The summed E-state index contributed by atoms with van der Waals surface area (Å²) in [6, 6.07) is 3.97. The minimum absolute atomic E-state index is 0.0410. The number of carbonyl (C=O) groups is 1. The molecule has 0 spiro atoms. The Balaban J connectivity index is 2.36. The van der Waals surface area contributed by atoms with Crippen LogP contribution in [0.5, 0.6) is 0 Å². The first-order chi connectivity index (χ1) is 7.88. The van der Waals surface area contributed by atoms with Gasteiger partial charge in [0.1, 0.15) is 6.61 Å². The maximum atomic E-state index is 12.7. The number of esters is 1. The van der Waals surface area contributed by atoms with Crippen molar-refractivity contribution in [2.75, 3.05) is 13.2 Å². The van der Waals surface area contributed by atoms with E-state index in [1.807, 2.05) is 20.8 Å². The molecule has 4 nitrogen and oxygen atoms in total. The average molecular weight is 241 g/mol. The number of nitrogens with zero attached hydrogens (tertiary/aromatic N) is 1. The third-order valence-corrected chi connectivity index (χ3v) is 1.78. The molecule has 0 N–H and O–H groups in total. The van der Waals surface area contributed by atoms with Gasteiger partial charge in [-0.25, -0.2) is 9.78 Å². The van der Waals surface area contributed by atoms with Crippen LogP contribution in [-0.4, -0.2) is 29.8 Å². The summed E-state index contributed by atoms with van der Waals surface area (Å²) in [4.78, 5) is 14.8. The van der Waals surface area contributed by atoms with E-state index in [2.05, 4.69) is 4.98 Å². The van der Waals surface area contributed by atoms with E-state index >= 15 is 0 Å². The van der Waals surface area contributed by atoms with E-state index in [0.717, 1.165) is 0 Å². The van der Waals surface area contributed by atoms with Crippen LogP contribution < -0.4 is 0 Å². The lowest BCUT2D eigenvalue weighted by Gasteiger charge is -2.19. The molecule has 94 valence electrons. The Kier molecular flexibility index (Phi) is 4.57. The number of halogens is 1. The highest BCUT2D eigenvalue weighted by molar-refractivity contribution is 5.87. The van der Waals surface area contributed by atoms with E-state index in [0.29, 0.717) is 6.61 Å². The SMILES string of the molecule is CC(C)(C)OCCOC(=O)c1cccc(F)n1. The largest absolute Gasteiger partial charge is 0.459 e. The van der Waals surface area contributed by atoms with Gasteiger partial charge in [0.2, 0.25) is 5.95 Å². The van der Waals surface area contributed by atoms with Crippen molar-refractivity contribution in [2.45, 2.75) is 26.4 Å². The van der Waals surface area contributed by atoms with Gasteiger partial charge >= 0.3 is 5.97 Å². The summed E-state index contributed by atoms with van der Waals surface area (Å²) >= 11 is 0. The molecule has 1 rings (SSSR count). The van der Waals surface area contributed by atoms with Crippen LogP contribution in [0.25, 0.3) is 0 Å². The number of pyridine rings is 1. The lowest BCUT2D eigenvalue weighted by molar-refractivity contribution is -0.0283. The van der Waals surface area contributed by atoms with E-state index < -0.39 is 11.9 Å². The topological polar surface area (TPSA) is 48.4 Å². The fourth-order valence-corrected chi connectivity index (χ4v) is 1.08. The van der Waals surface area contributed by atoms with Crippen molar-refractivity contribution < 1.29 is 18.7 Å². The molecule has 1 heterocycles. The number of hydrogen-bond acceptors (Lipinski definition) is 4. The molecule has 0 saturated carbocycles. The second-order valence-electron chi connectivity index (χ2n) is 4.44. The zero-order chi connectivity index (χ0) is 12.9. The van der Waals surface area contributed by atoms with Gasteiger partial charge in [-0.1, -0.05) is 6.07 Å². The normalized spacial score (nSPS) is 11.3. The molecule has 5 heteroatoms. The molecule has 0 bridgehead atoms. The van der Waals surface area contributed by atoms with E-state index in [1.165, 1.54) is 18.2 Å². The third kappa shape index (κ3) is 5.40. The van der Waals surface area contributed by atoms with E-state index in [1.54, 1.807) is 0 Å². The van der Waals surface area contributed by atoms with Crippen molar-refractivity contribution in [2.24, 2.45) is 0 Å². The van der Waals surface area contributed by atoms with Gasteiger partial charge in [0.05, 0.1) is 12.2 Å². The van der Waals surface area contributed by atoms with Crippen LogP contribution in [0.2, 0.25) is 0 Å². The maximum absolute atomic E-state index is 12.7. The Morgan fingerprint density at radius 1 is 1.35 bits per heavy atom. The molecular formula is C12H16FNO3. The van der Waals surface area contributed by atoms with Gasteiger partial charge in [-0.05, 0) is 32.9 Å². The number of rotatable bonds is 4. The summed E-state index contributed by atoms with van der Waals surface area (Å²) in [6.07, 6.45) is 0. The molecule has 0 saturated heterocycles. The van der Waals surface area contributed by atoms with Crippen LogP contribution in [0.3, 0.4) is 0 Å². The highest BCUT2D eigenvalue weighted by atomic mass is 19.1. The van der Waals surface area contributed by atoms with Gasteiger partial charge in [0, 0.05) is 0 Å². The quantitative estimate of drug-likeness (QED) is 0.460. The predicted octanol–water partition coefficient (Wildman–Crippen LogP) is 2.19. The molecule has 0 amide bonds. The number of hydrogen-bond donors (Lipinski definition) is 0. The second kappa shape index (κ2) is 5.72. The van der Waals surface area contributed by atoms with Crippen molar-refractivity contribution in [3.05, 3.63) is 29.8 Å². The Labute approximate surface area is 99.8 Å². The summed E-state index contributed by atoms with van der Waals surface area (Å²) in [5.74, 6) is -1.35. The van der Waals surface area contributed by atoms with Crippen molar-refractivity contribution in [3.8, 4) is 0 Å². The number of carbonyl (C=O) groups excluding carboxylic acids is 1. The Morgan fingerprint density at radius 2 is 2.06 bits per heavy atom. The van der Waals surface area contributed by atoms with Crippen LogP contribution in [0.1, 0.15) is 31.3 Å². The van der Waals surface area contributed by atoms with Gasteiger partial charge in [0.15, 0.2) is 5.69 Å². The first kappa shape index (κ1) is 13.6. The van der Waals surface area contributed by atoms with Crippen LogP contribution in [0, 0.1) is 5.95 Å². The molecule has 0 radical (unpaired) electrons. The molecular weight excluding hydrogens is 225 g/mol. The Bertz CT molecular complexity index is 388. The monoisotopic (exact) mass is 241 g/mol. The summed E-state index contributed by atoms with van der Waals surface area (Å²) in [5.41, 5.74) is -0.315. The molecule has 0 aromatic carbocycles. The van der Waals surface area contributed by atoms with E-state index in [-0.39, 0.29) is 17.9 Å². The minimum atomic E-state index is -0.703.